The van der Waals surface area contributed by atoms with Crippen LogP contribution in [0.5, 0.6) is 0 Å². The molecule has 0 aliphatic rings. The molecule has 0 fully saturated rings. The van der Waals surface area contributed by atoms with Crippen molar-refractivity contribution in [3.05, 3.63) is 12.2 Å². The van der Waals surface area contributed by atoms with E-state index in [2.05, 4.69) is 26.0 Å². The van der Waals surface area contributed by atoms with E-state index >= 15 is 0 Å². The smallest absolute Gasteiger partial charge is 0.306 e. The van der Waals surface area contributed by atoms with E-state index in [0.717, 1.165) is 51.4 Å². The van der Waals surface area contributed by atoms with Gasteiger partial charge >= 0.3 is 11.9 Å². The van der Waals surface area contributed by atoms with Crippen molar-refractivity contribution in [2.45, 2.75) is 187 Å². The summed E-state index contributed by atoms with van der Waals surface area (Å²) in [5, 5.41) is 8.78. The first-order valence-corrected chi connectivity index (χ1v) is 16.2. The van der Waals surface area contributed by atoms with Crippen molar-refractivity contribution in [1.29, 1.82) is 0 Å². The second kappa shape index (κ2) is 29.2. The van der Waals surface area contributed by atoms with Crippen LogP contribution in [0.15, 0.2) is 12.2 Å². The van der Waals surface area contributed by atoms with E-state index in [1.807, 2.05) is 0 Å². The van der Waals surface area contributed by atoms with Crippen molar-refractivity contribution in [3.8, 4) is 0 Å². The zero-order chi connectivity index (χ0) is 27.2. The summed E-state index contributed by atoms with van der Waals surface area (Å²) in [6.45, 7) is 4.51. The highest BCUT2D eigenvalue weighted by molar-refractivity contribution is 5.69. The number of rotatable bonds is 29. The SMILES string of the molecule is CCCCCCCC/C=C\C(CCCCCCC(=O)O)OC(=O)CCCCCCCCCCCCCC. The van der Waals surface area contributed by atoms with Gasteiger partial charge in [0.2, 0.25) is 0 Å². The van der Waals surface area contributed by atoms with Crippen LogP contribution in [0, 0.1) is 0 Å². The molecule has 0 aliphatic carbocycles. The van der Waals surface area contributed by atoms with Gasteiger partial charge in [-0.2, -0.15) is 0 Å². The fourth-order valence-electron chi connectivity index (χ4n) is 4.80. The van der Waals surface area contributed by atoms with Crippen molar-refractivity contribution in [2.24, 2.45) is 0 Å². The lowest BCUT2D eigenvalue weighted by Gasteiger charge is -2.15. The Hall–Kier alpha value is -1.32. The van der Waals surface area contributed by atoms with Gasteiger partial charge in [0.05, 0.1) is 0 Å². The minimum Gasteiger partial charge on any atom is -0.481 e. The molecule has 0 spiro atoms. The van der Waals surface area contributed by atoms with Gasteiger partial charge in [-0.1, -0.05) is 135 Å². The molecule has 1 atom stereocenters. The van der Waals surface area contributed by atoms with E-state index in [0.29, 0.717) is 6.42 Å². The second-order valence-electron chi connectivity index (χ2n) is 11.0. The average Bonchev–Trinajstić information content (AvgIpc) is 2.87. The fourth-order valence-corrected chi connectivity index (χ4v) is 4.80. The number of carboxylic acid groups (broad SMARTS) is 1. The second-order valence-corrected chi connectivity index (χ2v) is 11.0. The van der Waals surface area contributed by atoms with Crippen LogP contribution in [0.2, 0.25) is 0 Å². The Morgan fingerprint density at radius 3 is 1.54 bits per heavy atom. The van der Waals surface area contributed by atoms with Crippen LogP contribution in [0.25, 0.3) is 0 Å². The van der Waals surface area contributed by atoms with Gasteiger partial charge in [0.15, 0.2) is 0 Å². The van der Waals surface area contributed by atoms with Gasteiger partial charge in [-0.3, -0.25) is 9.59 Å². The highest BCUT2D eigenvalue weighted by atomic mass is 16.5. The Labute approximate surface area is 230 Å². The number of hydrogen-bond donors (Lipinski definition) is 1. The molecule has 0 aromatic heterocycles. The summed E-state index contributed by atoms with van der Waals surface area (Å²) >= 11 is 0. The summed E-state index contributed by atoms with van der Waals surface area (Å²) < 4.78 is 5.84. The van der Waals surface area contributed by atoms with Gasteiger partial charge in [-0.15, -0.1) is 0 Å². The van der Waals surface area contributed by atoms with E-state index in [-0.39, 0.29) is 18.5 Å². The molecule has 0 rings (SSSR count). The summed E-state index contributed by atoms with van der Waals surface area (Å²) in [7, 11) is 0. The Morgan fingerprint density at radius 1 is 0.595 bits per heavy atom. The molecular formula is C33H62O4. The number of unbranched alkanes of at least 4 members (excludes halogenated alkanes) is 20. The van der Waals surface area contributed by atoms with E-state index < -0.39 is 5.97 Å². The van der Waals surface area contributed by atoms with Crippen molar-refractivity contribution in [3.63, 3.8) is 0 Å². The zero-order valence-corrected chi connectivity index (χ0v) is 24.8. The Morgan fingerprint density at radius 2 is 1.03 bits per heavy atom. The lowest BCUT2D eigenvalue weighted by atomic mass is 10.0. The third-order valence-electron chi connectivity index (χ3n) is 7.22. The molecular weight excluding hydrogens is 460 g/mol. The molecule has 0 aromatic carbocycles. The summed E-state index contributed by atoms with van der Waals surface area (Å²) in [4.78, 5) is 23.1. The fraction of sp³-hybridized carbons (Fsp3) is 0.879. The van der Waals surface area contributed by atoms with Crippen molar-refractivity contribution >= 4 is 11.9 Å². The molecule has 1 N–H and O–H groups in total. The number of ether oxygens (including phenoxy) is 1. The number of hydrogen-bond acceptors (Lipinski definition) is 3. The molecule has 0 amide bonds. The van der Waals surface area contributed by atoms with Crippen LogP contribution in [-0.2, 0) is 14.3 Å². The molecule has 1 unspecified atom stereocenters. The largest absolute Gasteiger partial charge is 0.481 e. The van der Waals surface area contributed by atoms with E-state index in [4.69, 9.17) is 9.84 Å². The van der Waals surface area contributed by atoms with Gasteiger partial charge in [0.1, 0.15) is 6.10 Å². The third kappa shape index (κ3) is 29.1. The van der Waals surface area contributed by atoms with Crippen LogP contribution in [0.1, 0.15) is 181 Å². The first-order valence-electron chi connectivity index (χ1n) is 16.2. The van der Waals surface area contributed by atoms with E-state index in [1.165, 1.54) is 103 Å². The van der Waals surface area contributed by atoms with E-state index in [9.17, 15) is 9.59 Å². The maximum Gasteiger partial charge on any atom is 0.306 e. The summed E-state index contributed by atoms with van der Waals surface area (Å²) in [6, 6.07) is 0. The van der Waals surface area contributed by atoms with Crippen molar-refractivity contribution in [2.75, 3.05) is 0 Å². The molecule has 0 saturated heterocycles. The van der Waals surface area contributed by atoms with Gasteiger partial charge in [-0.25, -0.2) is 0 Å². The molecule has 0 bridgehead atoms. The molecule has 0 saturated carbocycles. The molecule has 0 aromatic rings. The Balaban J connectivity index is 4.05. The topological polar surface area (TPSA) is 63.6 Å². The number of esters is 1. The number of carboxylic acids is 1. The minimum absolute atomic E-state index is 0.0628. The first kappa shape index (κ1) is 35.7. The van der Waals surface area contributed by atoms with Gasteiger partial charge in [0, 0.05) is 12.8 Å². The number of allylic oxidation sites excluding steroid dienone is 1. The predicted octanol–water partition coefficient (Wildman–Crippen LogP) is 10.7. The maximum absolute atomic E-state index is 12.5. The van der Waals surface area contributed by atoms with Crippen LogP contribution in [0.4, 0.5) is 0 Å². The van der Waals surface area contributed by atoms with Crippen molar-refractivity contribution < 1.29 is 19.4 Å². The Bertz CT molecular complexity index is 528. The van der Waals surface area contributed by atoms with Gasteiger partial charge in [0.25, 0.3) is 0 Å². The highest BCUT2D eigenvalue weighted by Crippen LogP contribution is 2.16. The van der Waals surface area contributed by atoms with Crippen LogP contribution in [-0.4, -0.2) is 23.1 Å². The average molecular weight is 523 g/mol. The minimum atomic E-state index is -0.720. The molecule has 37 heavy (non-hydrogen) atoms. The summed E-state index contributed by atoms with van der Waals surface area (Å²) in [5.41, 5.74) is 0. The lowest BCUT2D eigenvalue weighted by molar-refractivity contribution is -0.147. The molecule has 0 aliphatic heterocycles. The number of carbonyl (C=O) groups is 2. The molecule has 4 nitrogen and oxygen atoms in total. The number of carbonyl (C=O) groups excluding carboxylic acids is 1. The van der Waals surface area contributed by atoms with Crippen LogP contribution < -0.4 is 0 Å². The first-order chi connectivity index (χ1) is 18.1. The summed E-state index contributed by atoms with van der Waals surface area (Å²) in [5.74, 6) is -0.783. The van der Waals surface area contributed by atoms with Crippen LogP contribution in [0.3, 0.4) is 0 Å². The lowest BCUT2D eigenvalue weighted by Crippen LogP contribution is -2.16. The predicted molar refractivity (Wildman–Crippen MR) is 158 cm³/mol. The van der Waals surface area contributed by atoms with Crippen LogP contribution >= 0.6 is 0 Å². The molecule has 218 valence electrons. The quantitative estimate of drug-likeness (QED) is 0.0602. The third-order valence-corrected chi connectivity index (χ3v) is 7.22. The molecule has 0 radical (unpaired) electrons. The van der Waals surface area contributed by atoms with Gasteiger partial charge in [-0.05, 0) is 44.6 Å². The van der Waals surface area contributed by atoms with Crippen molar-refractivity contribution in [1.82, 2.24) is 0 Å². The highest BCUT2D eigenvalue weighted by Gasteiger charge is 2.11. The zero-order valence-electron chi connectivity index (χ0n) is 24.8. The molecule has 0 heterocycles. The van der Waals surface area contributed by atoms with E-state index in [1.54, 1.807) is 0 Å². The summed E-state index contributed by atoms with van der Waals surface area (Å²) in [6.07, 6.45) is 33.7. The maximum atomic E-state index is 12.5. The number of aliphatic carboxylic acids is 1. The van der Waals surface area contributed by atoms with Gasteiger partial charge < -0.3 is 9.84 Å². The Kier molecular flexibility index (Phi) is 28.2. The monoisotopic (exact) mass is 522 g/mol. The standard InChI is InChI=1S/C33H62O4/c1-3-5-7-9-11-13-14-15-16-18-20-26-30-33(36)37-31(28-24-21-22-25-29-32(34)35)27-23-19-17-12-10-8-6-4-2/h23,27,31H,3-22,24-26,28-30H2,1-2H3,(H,34,35)/b27-23-. The molecule has 4 heteroatoms. The normalized spacial score (nSPS) is 12.3.